The van der Waals surface area contributed by atoms with E-state index in [0.717, 1.165) is 22.3 Å². The molecule has 0 radical (unpaired) electrons. The fourth-order valence-electron chi connectivity index (χ4n) is 3.77. The van der Waals surface area contributed by atoms with E-state index in [1.54, 1.807) is 24.4 Å². The Morgan fingerprint density at radius 2 is 2.14 bits per heavy atom. The Bertz CT molecular complexity index is 1050. The Kier molecular flexibility index (Phi) is 5.03. The van der Waals surface area contributed by atoms with Crippen LogP contribution in [-0.4, -0.2) is 39.2 Å². The van der Waals surface area contributed by atoms with E-state index in [1.165, 1.54) is 0 Å². The van der Waals surface area contributed by atoms with E-state index in [-0.39, 0.29) is 18.4 Å². The quantitative estimate of drug-likeness (QED) is 0.641. The lowest BCUT2D eigenvalue weighted by Crippen LogP contribution is -2.29. The van der Waals surface area contributed by atoms with E-state index < -0.39 is 5.97 Å². The Balaban J connectivity index is 1.67. The van der Waals surface area contributed by atoms with Gasteiger partial charge in [-0.15, -0.1) is 0 Å². The van der Waals surface area contributed by atoms with Crippen molar-refractivity contribution in [3.63, 3.8) is 0 Å². The SMILES string of the molecule is COc1cccc(C(CCC(=O)O)N2Cc3ccc(-c4cn[nH]c4)cc3C2=O)c1. The topological polar surface area (TPSA) is 95.5 Å². The number of nitrogens with zero attached hydrogens (tertiary/aromatic N) is 2. The Morgan fingerprint density at radius 3 is 2.86 bits per heavy atom. The number of carboxylic acid groups (broad SMARTS) is 1. The standard InChI is InChI=1S/C22H21N3O4/c1-29-18-4-2-3-15(9-18)20(7-8-21(26)27)25-13-16-6-5-14(10-19(16)22(25)28)17-11-23-24-12-17/h2-6,9-12,20H,7-8,13H2,1H3,(H,23,24)(H,26,27). The maximum Gasteiger partial charge on any atom is 0.303 e. The van der Waals surface area contributed by atoms with Gasteiger partial charge in [-0.2, -0.15) is 5.10 Å². The predicted octanol–water partition coefficient (Wildman–Crippen LogP) is 3.65. The molecule has 0 bridgehead atoms. The lowest BCUT2D eigenvalue weighted by Gasteiger charge is -2.28. The summed E-state index contributed by atoms with van der Waals surface area (Å²) in [6, 6.07) is 12.9. The zero-order valence-corrected chi connectivity index (χ0v) is 16.0. The third-order valence-electron chi connectivity index (χ3n) is 5.26. The number of carbonyl (C=O) groups is 2. The molecule has 1 amide bonds. The number of nitrogens with one attached hydrogen (secondary N) is 1. The summed E-state index contributed by atoms with van der Waals surface area (Å²) in [6.45, 7) is 0.446. The van der Waals surface area contributed by atoms with Crippen molar-refractivity contribution in [2.75, 3.05) is 7.11 Å². The second-order valence-electron chi connectivity index (χ2n) is 7.02. The minimum atomic E-state index is -0.885. The molecular formula is C22H21N3O4. The number of hydrogen-bond donors (Lipinski definition) is 2. The smallest absolute Gasteiger partial charge is 0.303 e. The summed E-state index contributed by atoms with van der Waals surface area (Å²) in [6.07, 6.45) is 3.80. The fraction of sp³-hybridized carbons (Fsp3) is 0.227. The van der Waals surface area contributed by atoms with Crippen molar-refractivity contribution in [3.8, 4) is 16.9 Å². The molecule has 2 N–H and O–H groups in total. The van der Waals surface area contributed by atoms with Gasteiger partial charge in [0.15, 0.2) is 0 Å². The van der Waals surface area contributed by atoms with Crippen LogP contribution in [0, 0.1) is 0 Å². The van der Waals surface area contributed by atoms with Crippen molar-refractivity contribution >= 4 is 11.9 Å². The molecule has 7 nitrogen and oxygen atoms in total. The monoisotopic (exact) mass is 391 g/mol. The van der Waals surface area contributed by atoms with E-state index in [0.29, 0.717) is 24.3 Å². The minimum absolute atomic E-state index is 0.0255. The molecule has 1 aromatic heterocycles. The first-order valence-corrected chi connectivity index (χ1v) is 9.35. The van der Waals surface area contributed by atoms with E-state index >= 15 is 0 Å². The van der Waals surface area contributed by atoms with Gasteiger partial charge in [0.2, 0.25) is 0 Å². The van der Waals surface area contributed by atoms with E-state index in [9.17, 15) is 14.7 Å². The number of carboxylic acids is 1. The van der Waals surface area contributed by atoms with Gasteiger partial charge in [-0.05, 0) is 41.3 Å². The lowest BCUT2D eigenvalue weighted by atomic mass is 10.00. The van der Waals surface area contributed by atoms with Gasteiger partial charge in [0.05, 0.1) is 19.3 Å². The summed E-state index contributed by atoms with van der Waals surface area (Å²) >= 11 is 0. The maximum atomic E-state index is 13.3. The largest absolute Gasteiger partial charge is 0.497 e. The number of fused-ring (bicyclic) bond motifs is 1. The van der Waals surface area contributed by atoms with Gasteiger partial charge in [-0.1, -0.05) is 24.3 Å². The number of rotatable bonds is 7. The van der Waals surface area contributed by atoms with Gasteiger partial charge in [0.25, 0.3) is 5.91 Å². The number of carbonyl (C=O) groups excluding carboxylic acids is 1. The van der Waals surface area contributed by atoms with Gasteiger partial charge >= 0.3 is 5.97 Å². The lowest BCUT2D eigenvalue weighted by molar-refractivity contribution is -0.137. The highest BCUT2D eigenvalue weighted by Gasteiger charge is 2.34. The van der Waals surface area contributed by atoms with Crippen LogP contribution in [0.2, 0.25) is 0 Å². The molecule has 2 heterocycles. The third-order valence-corrected chi connectivity index (χ3v) is 5.26. The second kappa shape index (κ2) is 7.79. The molecule has 1 aliphatic heterocycles. The van der Waals surface area contributed by atoms with Gasteiger partial charge in [-0.25, -0.2) is 0 Å². The molecule has 3 aromatic rings. The highest BCUT2D eigenvalue weighted by Crippen LogP contribution is 2.36. The van der Waals surface area contributed by atoms with Crippen LogP contribution in [0.4, 0.5) is 0 Å². The molecule has 1 aliphatic rings. The number of amides is 1. The van der Waals surface area contributed by atoms with Crippen LogP contribution in [0.5, 0.6) is 5.75 Å². The maximum absolute atomic E-state index is 13.3. The summed E-state index contributed by atoms with van der Waals surface area (Å²) in [7, 11) is 1.58. The van der Waals surface area contributed by atoms with E-state index in [1.807, 2.05) is 42.5 Å². The van der Waals surface area contributed by atoms with Crippen molar-refractivity contribution in [2.45, 2.75) is 25.4 Å². The molecule has 29 heavy (non-hydrogen) atoms. The zero-order chi connectivity index (χ0) is 20.4. The van der Waals surface area contributed by atoms with Crippen LogP contribution in [0.1, 0.15) is 40.4 Å². The summed E-state index contributed by atoms with van der Waals surface area (Å²) < 4.78 is 5.31. The summed E-state index contributed by atoms with van der Waals surface area (Å²) in [4.78, 5) is 26.2. The van der Waals surface area contributed by atoms with Gasteiger partial charge in [-0.3, -0.25) is 14.7 Å². The molecule has 1 atom stereocenters. The first-order valence-electron chi connectivity index (χ1n) is 9.35. The first-order chi connectivity index (χ1) is 14.1. The summed E-state index contributed by atoms with van der Waals surface area (Å²) in [5, 5.41) is 15.9. The zero-order valence-electron chi connectivity index (χ0n) is 16.0. The number of aliphatic carboxylic acids is 1. The molecular weight excluding hydrogens is 370 g/mol. The fourth-order valence-corrected chi connectivity index (χ4v) is 3.77. The number of H-pyrrole nitrogens is 1. The van der Waals surface area contributed by atoms with Gasteiger partial charge in [0.1, 0.15) is 5.75 Å². The van der Waals surface area contributed by atoms with Crippen LogP contribution in [0.25, 0.3) is 11.1 Å². The highest BCUT2D eigenvalue weighted by atomic mass is 16.5. The van der Waals surface area contributed by atoms with Gasteiger partial charge < -0.3 is 14.7 Å². The number of methoxy groups -OCH3 is 1. The number of aromatic amines is 1. The average molecular weight is 391 g/mol. The molecule has 0 saturated heterocycles. The molecule has 0 fully saturated rings. The van der Waals surface area contributed by atoms with Crippen LogP contribution < -0.4 is 4.74 Å². The number of aromatic nitrogens is 2. The van der Waals surface area contributed by atoms with Crippen LogP contribution in [0.3, 0.4) is 0 Å². The van der Waals surface area contributed by atoms with E-state index in [4.69, 9.17) is 4.74 Å². The summed E-state index contributed by atoms with van der Waals surface area (Å²) in [5.74, 6) is -0.304. The van der Waals surface area contributed by atoms with Crippen molar-refractivity contribution in [1.29, 1.82) is 0 Å². The average Bonchev–Trinajstić information content (AvgIpc) is 3.37. The molecule has 4 rings (SSSR count). The molecule has 148 valence electrons. The summed E-state index contributed by atoms with van der Waals surface area (Å²) in [5.41, 5.74) is 4.27. The van der Waals surface area contributed by atoms with Crippen molar-refractivity contribution in [2.24, 2.45) is 0 Å². The molecule has 2 aromatic carbocycles. The van der Waals surface area contributed by atoms with Crippen molar-refractivity contribution < 1.29 is 19.4 Å². The predicted molar refractivity (Wildman–Crippen MR) is 107 cm³/mol. The minimum Gasteiger partial charge on any atom is -0.497 e. The van der Waals surface area contributed by atoms with Crippen molar-refractivity contribution in [1.82, 2.24) is 15.1 Å². The molecule has 0 spiro atoms. The Morgan fingerprint density at radius 1 is 1.28 bits per heavy atom. The number of benzene rings is 2. The third kappa shape index (κ3) is 3.71. The number of hydrogen-bond acceptors (Lipinski definition) is 4. The van der Waals surface area contributed by atoms with Crippen molar-refractivity contribution in [3.05, 3.63) is 71.5 Å². The second-order valence-corrected chi connectivity index (χ2v) is 7.02. The Hall–Kier alpha value is -3.61. The molecule has 0 aliphatic carbocycles. The van der Waals surface area contributed by atoms with Gasteiger partial charge in [0, 0.05) is 30.3 Å². The number of ether oxygens (including phenoxy) is 1. The molecule has 1 unspecified atom stereocenters. The van der Waals surface area contributed by atoms with Crippen LogP contribution in [0.15, 0.2) is 54.9 Å². The molecule has 7 heteroatoms. The first kappa shape index (κ1) is 18.7. The van der Waals surface area contributed by atoms with Crippen LogP contribution in [-0.2, 0) is 11.3 Å². The Labute approximate surface area is 167 Å². The van der Waals surface area contributed by atoms with Crippen LogP contribution >= 0.6 is 0 Å². The van der Waals surface area contributed by atoms with E-state index in [2.05, 4.69) is 10.2 Å². The normalized spacial score (nSPS) is 14.0. The highest BCUT2D eigenvalue weighted by molar-refractivity contribution is 5.99. The molecule has 0 saturated carbocycles.